The largest absolute Gasteiger partial charge is 0.474 e. The number of ketones is 1. The molecule has 3 aromatic rings. The molecule has 3 heterocycles. The van der Waals surface area contributed by atoms with E-state index in [1.54, 1.807) is 19.1 Å². The molecule has 24 heavy (non-hydrogen) atoms. The zero-order valence-electron chi connectivity index (χ0n) is 12.1. The van der Waals surface area contributed by atoms with Crippen LogP contribution in [0.1, 0.15) is 20.9 Å². The predicted molar refractivity (Wildman–Crippen MR) is 80.6 cm³/mol. The SMILES string of the molecule is Cc1ccc[n+]2c(O)c(C(=O)C(F)(F)F)n(Cc3cnc(Cl)s3)c12. The molecule has 0 atom stereocenters. The molecule has 3 rings (SSSR count). The Morgan fingerprint density at radius 1 is 1.50 bits per heavy atom. The smallest absolute Gasteiger partial charge is 0.459 e. The van der Waals surface area contributed by atoms with E-state index in [9.17, 15) is 23.1 Å². The second kappa shape index (κ2) is 5.75. The number of aromatic hydroxyl groups is 1. The molecule has 0 unspecified atom stereocenters. The van der Waals surface area contributed by atoms with Crippen LogP contribution in [-0.2, 0) is 6.54 Å². The highest BCUT2D eigenvalue weighted by Gasteiger charge is 2.47. The van der Waals surface area contributed by atoms with Crippen molar-refractivity contribution in [2.45, 2.75) is 19.6 Å². The molecule has 10 heteroatoms. The number of pyridine rings is 1. The maximum absolute atomic E-state index is 13.0. The van der Waals surface area contributed by atoms with Gasteiger partial charge in [0.25, 0.3) is 11.3 Å². The number of thiazole rings is 1. The first kappa shape index (κ1) is 16.7. The summed E-state index contributed by atoms with van der Waals surface area (Å²) in [7, 11) is 0. The van der Waals surface area contributed by atoms with E-state index in [-0.39, 0.29) is 16.7 Å². The molecule has 1 N–H and O–H groups in total. The summed E-state index contributed by atoms with van der Waals surface area (Å²) in [5.74, 6) is -2.87. The van der Waals surface area contributed by atoms with Gasteiger partial charge in [0, 0.05) is 11.8 Å². The molecular formula is C14H10ClF3N3O2S+. The van der Waals surface area contributed by atoms with Crippen molar-refractivity contribution in [1.29, 1.82) is 0 Å². The summed E-state index contributed by atoms with van der Waals surface area (Å²) in [4.78, 5) is 16.2. The van der Waals surface area contributed by atoms with Crippen molar-refractivity contribution in [3.05, 3.63) is 45.1 Å². The maximum Gasteiger partial charge on any atom is 0.459 e. The normalized spacial score (nSPS) is 12.0. The summed E-state index contributed by atoms with van der Waals surface area (Å²) in [6, 6.07) is 3.24. The van der Waals surface area contributed by atoms with E-state index >= 15 is 0 Å². The van der Waals surface area contributed by atoms with E-state index in [0.717, 1.165) is 20.3 Å². The van der Waals surface area contributed by atoms with Crippen LogP contribution < -0.4 is 4.40 Å². The zero-order valence-corrected chi connectivity index (χ0v) is 13.7. The molecule has 0 amide bonds. The number of aromatic nitrogens is 3. The third-order valence-electron chi connectivity index (χ3n) is 3.44. The number of hydrogen-bond acceptors (Lipinski definition) is 4. The van der Waals surface area contributed by atoms with Gasteiger partial charge in [0.15, 0.2) is 4.47 Å². The van der Waals surface area contributed by atoms with Crippen LogP contribution >= 0.6 is 22.9 Å². The first-order valence-corrected chi connectivity index (χ1v) is 7.83. The summed E-state index contributed by atoms with van der Waals surface area (Å²) >= 11 is 6.84. The Morgan fingerprint density at radius 3 is 2.79 bits per heavy atom. The number of Topliss-reactive ketones (excluding diaryl/α,β-unsaturated/α-hetero) is 1. The number of imidazole rings is 1. The molecular weight excluding hydrogens is 367 g/mol. The molecule has 0 bridgehead atoms. The Balaban J connectivity index is 2.29. The number of carbonyl (C=O) groups is 1. The predicted octanol–water partition coefficient (Wildman–Crippen LogP) is 3.14. The van der Waals surface area contributed by atoms with Crippen molar-refractivity contribution in [1.82, 2.24) is 9.55 Å². The first-order valence-electron chi connectivity index (χ1n) is 6.64. The number of aryl methyl sites for hydroxylation is 1. The van der Waals surface area contributed by atoms with Crippen molar-refractivity contribution in [2.24, 2.45) is 0 Å². The van der Waals surface area contributed by atoms with Gasteiger partial charge in [-0.3, -0.25) is 4.79 Å². The van der Waals surface area contributed by atoms with Crippen molar-refractivity contribution in [3.63, 3.8) is 0 Å². The van der Waals surface area contributed by atoms with E-state index in [4.69, 9.17) is 11.6 Å². The van der Waals surface area contributed by atoms with Crippen LogP contribution in [0.3, 0.4) is 0 Å². The lowest BCUT2D eigenvalue weighted by atomic mass is 10.2. The molecule has 0 fully saturated rings. The average molecular weight is 377 g/mol. The van der Waals surface area contributed by atoms with Crippen LogP contribution in [0.15, 0.2) is 24.5 Å². The average Bonchev–Trinajstić information content (AvgIpc) is 3.01. The van der Waals surface area contributed by atoms with Gasteiger partial charge in [-0.2, -0.15) is 17.6 Å². The highest BCUT2D eigenvalue weighted by Crippen LogP contribution is 2.29. The number of rotatable bonds is 3. The highest BCUT2D eigenvalue weighted by atomic mass is 35.5. The third kappa shape index (κ3) is 2.73. The van der Waals surface area contributed by atoms with E-state index in [2.05, 4.69) is 4.98 Å². The second-order valence-electron chi connectivity index (χ2n) is 5.05. The van der Waals surface area contributed by atoms with Crippen LogP contribution in [0, 0.1) is 6.92 Å². The van der Waals surface area contributed by atoms with E-state index in [0.29, 0.717) is 10.4 Å². The van der Waals surface area contributed by atoms with Crippen LogP contribution in [-0.4, -0.2) is 26.6 Å². The van der Waals surface area contributed by atoms with Crippen LogP contribution in [0.25, 0.3) is 5.65 Å². The number of nitrogens with zero attached hydrogens (tertiary/aromatic N) is 3. The van der Waals surface area contributed by atoms with E-state index in [1.165, 1.54) is 12.4 Å². The number of carbonyl (C=O) groups excluding carboxylic acids is 1. The Kier molecular flexibility index (Phi) is 4.00. The van der Waals surface area contributed by atoms with Crippen LogP contribution in [0.5, 0.6) is 5.88 Å². The zero-order chi connectivity index (χ0) is 17.6. The van der Waals surface area contributed by atoms with E-state index < -0.39 is 23.5 Å². The van der Waals surface area contributed by atoms with Crippen LogP contribution in [0.4, 0.5) is 13.2 Å². The van der Waals surface area contributed by atoms with Gasteiger partial charge in [-0.25, -0.2) is 9.55 Å². The van der Waals surface area contributed by atoms with Gasteiger partial charge >= 0.3 is 17.8 Å². The number of hydrogen-bond donors (Lipinski definition) is 1. The molecule has 0 saturated heterocycles. The third-order valence-corrected chi connectivity index (χ3v) is 4.54. The monoisotopic (exact) mass is 376 g/mol. The fraction of sp³-hybridized carbons (Fsp3) is 0.214. The minimum atomic E-state index is -5.11. The molecule has 3 aromatic heterocycles. The lowest BCUT2D eigenvalue weighted by Crippen LogP contribution is -2.26. The lowest BCUT2D eigenvalue weighted by Gasteiger charge is -2.04. The van der Waals surface area contributed by atoms with Gasteiger partial charge in [-0.05, 0) is 19.1 Å². The molecule has 0 radical (unpaired) electrons. The Hall–Kier alpha value is -2.13. The lowest BCUT2D eigenvalue weighted by molar-refractivity contribution is -0.521. The molecule has 126 valence electrons. The molecule has 0 spiro atoms. The van der Waals surface area contributed by atoms with Gasteiger partial charge in [0.05, 0.1) is 11.1 Å². The summed E-state index contributed by atoms with van der Waals surface area (Å²) in [6.45, 7) is 1.60. The van der Waals surface area contributed by atoms with Crippen molar-refractivity contribution in [3.8, 4) is 5.88 Å². The molecule has 0 aliphatic carbocycles. The molecule has 0 aromatic carbocycles. The molecule has 5 nitrogen and oxygen atoms in total. The fourth-order valence-corrected chi connectivity index (χ4v) is 3.45. The van der Waals surface area contributed by atoms with Crippen LogP contribution in [0.2, 0.25) is 4.47 Å². The first-order chi connectivity index (χ1) is 11.2. The maximum atomic E-state index is 13.0. The minimum absolute atomic E-state index is 0.0730. The summed E-state index contributed by atoms with van der Waals surface area (Å²) in [6.07, 6.45) is -2.30. The molecule has 0 saturated carbocycles. The van der Waals surface area contributed by atoms with Gasteiger partial charge in [-0.1, -0.05) is 11.6 Å². The minimum Gasteiger partial charge on any atom is -0.474 e. The Labute approximate surface area is 142 Å². The number of halogens is 4. The van der Waals surface area contributed by atoms with Crippen molar-refractivity contribution in [2.75, 3.05) is 0 Å². The second-order valence-corrected chi connectivity index (χ2v) is 6.75. The molecule has 0 aliphatic rings. The summed E-state index contributed by atoms with van der Waals surface area (Å²) < 4.78 is 41.4. The quantitative estimate of drug-likeness (QED) is 0.564. The standard InChI is InChI=1S/C14H9ClF3N3O2S/c1-7-3-2-4-20-11(7)21(6-8-5-19-13(15)24-8)9(12(20)23)10(22)14(16,17)18/h2-5H,6H2,1H3/p+1. The Morgan fingerprint density at radius 2 is 2.21 bits per heavy atom. The number of fused-ring (bicyclic) bond motifs is 1. The topological polar surface area (TPSA) is 59.2 Å². The Bertz CT molecular complexity index is 949. The highest BCUT2D eigenvalue weighted by molar-refractivity contribution is 7.15. The summed E-state index contributed by atoms with van der Waals surface area (Å²) in [5, 5.41) is 10.2. The van der Waals surface area contributed by atoms with Crippen molar-refractivity contribution >= 4 is 34.4 Å². The van der Waals surface area contributed by atoms with Gasteiger partial charge in [0.1, 0.15) is 6.54 Å². The molecule has 0 aliphatic heterocycles. The van der Waals surface area contributed by atoms with Gasteiger partial charge in [-0.15, -0.1) is 11.3 Å². The van der Waals surface area contributed by atoms with Crippen molar-refractivity contribution < 1.29 is 27.5 Å². The fourth-order valence-electron chi connectivity index (χ4n) is 2.49. The summed E-state index contributed by atoms with van der Waals surface area (Å²) in [5.41, 5.74) is 0.0677. The van der Waals surface area contributed by atoms with Gasteiger partial charge in [0.2, 0.25) is 0 Å². The number of alkyl halides is 3. The van der Waals surface area contributed by atoms with Gasteiger partial charge < -0.3 is 5.11 Å². The van der Waals surface area contributed by atoms with E-state index in [1.807, 2.05) is 0 Å².